The topological polar surface area (TPSA) is 60.5 Å². The Balaban J connectivity index is 2.00. The summed E-state index contributed by atoms with van der Waals surface area (Å²) in [5, 5.41) is 3.98. The molecule has 0 atom stereocenters. The number of rotatable bonds is 3. The highest BCUT2D eigenvalue weighted by Gasteiger charge is 2.16. The molecule has 102 valence electrons. The molecule has 6 heteroatoms. The molecular formula is C14H12BrN3O2. The van der Waals surface area contributed by atoms with Crippen molar-refractivity contribution in [2.45, 2.75) is 12.8 Å². The van der Waals surface area contributed by atoms with Gasteiger partial charge in [0, 0.05) is 10.7 Å². The minimum absolute atomic E-state index is 0.417. The Kier molecular flexibility index (Phi) is 3.64. The maximum absolute atomic E-state index is 5.32. The number of allylic oxidation sites excluding steroid dienone is 1. The number of aliphatic imine (C=N–C) groups is 1. The van der Waals surface area contributed by atoms with Crippen LogP contribution in [0.5, 0.6) is 5.75 Å². The summed E-state index contributed by atoms with van der Waals surface area (Å²) in [7, 11) is 1.61. The Morgan fingerprint density at radius 1 is 1.30 bits per heavy atom. The zero-order valence-electron chi connectivity index (χ0n) is 10.8. The highest BCUT2D eigenvalue weighted by Crippen LogP contribution is 2.32. The molecule has 0 saturated heterocycles. The van der Waals surface area contributed by atoms with Gasteiger partial charge in [-0.1, -0.05) is 27.2 Å². The molecule has 5 nitrogen and oxygen atoms in total. The van der Waals surface area contributed by atoms with Crippen LogP contribution >= 0.6 is 15.9 Å². The minimum Gasteiger partial charge on any atom is -0.496 e. The first-order chi connectivity index (χ1) is 9.78. The van der Waals surface area contributed by atoms with Crippen molar-refractivity contribution in [1.82, 2.24) is 10.1 Å². The minimum atomic E-state index is 0.417. The third-order valence-corrected chi connectivity index (χ3v) is 3.40. The van der Waals surface area contributed by atoms with Gasteiger partial charge in [0.25, 0.3) is 5.89 Å². The van der Waals surface area contributed by atoms with Gasteiger partial charge >= 0.3 is 0 Å². The Morgan fingerprint density at radius 3 is 2.95 bits per heavy atom. The molecule has 1 aromatic heterocycles. The molecular weight excluding hydrogens is 322 g/mol. The monoisotopic (exact) mass is 333 g/mol. The lowest BCUT2D eigenvalue weighted by atomic mass is 10.2. The SMILES string of the molecule is COc1ccc(Br)cc1-c1nc(C2=CCCC=N2)no1. The van der Waals surface area contributed by atoms with Crippen LogP contribution in [0.3, 0.4) is 0 Å². The number of halogens is 1. The second-order valence-corrected chi connectivity index (χ2v) is 5.16. The quantitative estimate of drug-likeness (QED) is 0.858. The first-order valence-electron chi connectivity index (χ1n) is 6.18. The molecule has 2 heterocycles. The molecule has 0 fully saturated rings. The Hall–Kier alpha value is -1.95. The second-order valence-electron chi connectivity index (χ2n) is 4.25. The third-order valence-electron chi connectivity index (χ3n) is 2.91. The van der Waals surface area contributed by atoms with Crippen molar-refractivity contribution in [3.63, 3.8) is 0 Å². The fraction of sp³-hybridized carbons (Fsp3) is 0.214. The van der Waals surface area contributed by atoms with E-state index < -0.39 is 0 Å². The molecule has 3 rings (SSSR count). The van der Waals surface area contributed by atoms with E-state index in [1.165, 1.54) is 0 Å². The van der Waals surface area contributed by atoms with Crippen LogP contribution in [0.4, 0.5) is 0 Å². The summed E-state index contributed by atoms with van der Waals surface area (Å²) in [6.45, 7) is 0. The van der Waals surface area contributed by atoms with Gasteiger partial charge in [-0.05, 0) is 31.0 Å². The van der Waals surface area contributed by atoms with E-state index in [-0.39, 0.29) is 0 Å². The lowest BCUT2D eigenvalue weighted by Gasteiger charge is -2.04. The Bertz CT molecular complexity index is 691. The van der Waals surface area contributed by atoms with Crippen molar-refractivity contribution in [3.05, 3.63) is 34.6 Å². The number of nitrogens with zero attached hydrogens (tertiary/aromatic N) is 3. The molecule has 0 unspecified atom stereocenters. The van der Waals surface area contributed by atoms with Crippen LogP contribution in [-0.4, -0.2) is 23.5 Å². The molecule has 0 N–H and O–H groups in total. The van der Waals surface area contributed by atoms with Crippen LogP contribution < -0.4 is 4.74 Å². The lowest BCUT2D eigenvalue weighted by Crippen LogP contribution is -1.92. The van der Waals surface area contributed by atoms with Crippen LogP contribution in [0.15, 0.2) is 38.3 Å². The second kappa shape index (κ2) is 5.58. The average Bonchev–Trinajstić information content (AvgIpc) is 2.98. The molecule has 0 bridgehead atoms. The van der Waals surface area contributed by atoms with Crippen molar-refractivity contribution in [1.29, 1.82) is 0 Å². The highest BCUT2D eigenvalue weighted by molar-refractivity contribution is 9.10. The van der Waals surface area contributed by atoms with Crippen molar-refractivity contribution in [2.75, 3.05) is 7.11 Å². The standard InChI is InChI=1S/C14H12BrN3O2/c1-19-12-6-5-9(15)8-10(12)14-17-13(18-20-14)11-4-2-3-7-16-11/h4-8H,2-3H2,1H3. The third kappa shape index (κ3) is 2.51. The van der Waals surface area contributed by atoms with E-state index in [9.17, 15) is 0 Å². The van der Waals surface area contributed by atoms with E-state index in [0.29, 0.717) is 17.5 Å². The highest BCUT2D eigenvalue weighted by atomic mass is 79.9. The van der Waals surface area contributed by atoms with E-state index in [1.54, 1.807) is 7.11 Å². The molecule has 2 aromatic rings. The summed E-state index contributed by atoms with van der Waals surface area (Å²) in [6.07, 6.45) is 5.77. The van der Waals surface area contributed by atoms with Crippen molar-refractivity contribution in [3.8, 4) is 17.2 Å². The Morgan fingerprint density at radius 2 is 2.20 bits per heavy atom. The van der Waals surface area contributed by atoms with E-state index in [1.807, 2.05) is 30.5 Å². The van der Waals surface area contributed by atoms with E-state index in [2.05, 4.69) is 31.1 Å². The lowest BCUT2D eigenvalue weighted by molar-refractivity contribution is 0.404. The van der Waals surface area contributed by atoms with Gasteiger partial charge in [0.05, 0.1) is 12.7 Å². The van der Waals surface area contributed by atoms with Crippen LogP contribution in [-0.2, 0) is 0 Å². The normalized spacial score (nSPS) is 14.2. The summed E-state index contributed by atoms with van der Waals surface area (Å²) in [5.41, 5.74) is 1.50. The van der Waals surface area contributed by atoms with E-state index in [0.717, 1.165) is 28.6 Å². The van der Waals surface area contributed by atoms with Crippen LogP contribution in [0.25, 0.3) is 17.2 Å². The first-order valence-corrected chi connectivity index (χ1v) is 6.98. The van der Waals surface area contributed by atoms with Gasteiger partial charge in [0.15, 0.2) is 0 Å². The molecule has 0 aliphatic carbocycles. The summed E-state index contributed by atoms with van der Waals surface area (Å²) in [4.78, 5) is 8.67. The van der Waals surface area contributed by atoms with Gasteiger partial charge in [-0.2, -0.15) is 4.98 Å². The van der Waals surface area contributed by atoms with Crippen molar-refractivity contribution >= 4 is 27.8 Å². The van der Waals surface area contributed by atoms with Crippen LogP contribution in [0, 0.1) is 0 Å². The zero-order chi connectivity index (χ0) is 13.9. The zero-order valence-corrected chi connectivity index (χ0v) is 12.4. The molecule has 0 saturated carbocycles. The number of hydrogen-bond donors (Lipinski definition) is 0. The molecule has 1 aliphatic rings. The number of methoxy groups -OCH3 is 1. The maximum atomic E-state index is 5.32. The summed E-state index contributed by atoms with van der Waals surface area (Å²) < 4.78 is 11.6. The Labute approximate surface area is 124 Å². The largest absolute Gasteiger partial charge is 0.496 e. The number of hydrogen-bond acceptors (Lipinski definition) is 5. The van der Waals surface area contributed by atoms with Gasteiger partial charge in [-0.3, -0.25) is 4.99 Å². The number of ether oxygens (including phenoxy) is 1. The first kappa shape index (κ1) is 13.1. The van der Waals surface area contributed by atoms with Gasteiger partial charge in [-0.25, -0.2) is 0 Å². The van der Waals surface area contributed by atoms with Crippen LogP contribution in [0.1, 0.15) is 18.7 Å². The molecule has 0 radical (unpaired) electrons. The van der Waals surface area contributed by atoms with Crippen LogP contribution in [0.2, 0.25) is 0 Å². The van der Waals surface area contributed by atoms with Crippen molar-refractivity contribution < 1.29 is 9.26 Å². The van der Waals surface area contributed by atoms with Gasteiger partial charge in [-0.15, -0.1) is 0 Å². The average molecular weight is 334 g/mol. The van der Waals surface area contributed by atoms with E-state index >= 15 is 0 Å². The fourth-order valence-corrected chi connectivity index (χ4v) is 2.30. The molecule has 0 amide bonds. The summed E-state index contributed by atoms with van der Waals surface area (Å²) >= 11 is 3.43. The number of benzene rings is 1. The fourth-order valence-electron chi connectivity index (χ4n) is 1.94. The molecule has 1 aliphatic heterocycles. The predicted octanol–water partition coefficient (Wildman–Crippen LogP) is 3.71. The molecule has 1 aromatic carbocycles. The van der Waals surface area contributed by atoms with E-state index in [4.69, 9.17) is 9.26 Å². The van der Waals surface area contributed by atoms with Crippen molar-refractivity contribution in [2.24, 2.45) is 4.99 Å². The van der Waals surface area contributed by atoms with Gasteiger partial charge in [0.1, 0.15) is 11.4 Å². The molecule has 20 heavy (non-hydrogen) atoms. The smallest absolute Gasteiger partial charge is 0.262 e. The summed E-state index contributed by atoms with van der Waals surface area (Å²) in [5.74, 6) is 1.60. The number of aromatic nitrogens is 2. The maximum Gasteiger partial charge on any atom is 0.262 e. The molecule has 0 spiro atoms. The predicted molar refractivity (Wildman–Crippen MR) is 79.7 cm³/mol. The van der Waals surface area contributed by atoms with Gasteiger partial charge in [0.2, 0.25) is 5.82 Å². The summed E-state index contributed by atoms with van der Waals surface area (Å²) in [6, 6.07) is 5.63. The van der Waals surface area contributed by atoms with Gasteiger partial charge < -0.3 is 9.26 Å².